The summed E-state index contributed by atoms with van der Waals surface area (Å²) in [6.45, 7) is 4.61. The Balaban J connectivity index is 1.65. The average Bonchev–Trinajstić information content (AvgIpc) is 2.71. The van der Waals surface area contributed by atoms with E-state index in [1.165, 1.54) is 17.7 Å². The normalized spacial score (nSPS) is 16.2. The Morgan fingerprint density at radius 3 is 2.59 bits per heavy atom. The summed E-state index contributed by atoms with van der Waals surface area (Å²) in [5, 5.41) is 2.89. The number of carbonyl (C=O) groups is 2. The van der Waals surface area contributed by atoms with Gasteiger partial charge in [-0.2, -0.15) is 0 Å². The van der Waals surface area contributed by atoms with Crippen LogP contribution in [0, 0.1) is 0 Å². The molecule has 32 heavy (non-hydrogen) atoms. The van der Waals surface area contributed by atoms with E-state index in [9.17, 15) is 18.0 Å². The summed E-state index contributed by atoms with van der Waals surface area (Å²) < 4.78 is 32.9. The molecular weight excluding hydrogens is 452 g/mol. The minimum absolute atomic E-state index is 0.0144. The largest absolute Gasteiger partial charge is 0.452 e. The van der Waals surface area contributed by atoms with Gasteiger partial charge >= 0.3 is 5.97 Å². The highest BCUT2D eigenvalue weighted by molar-refractivity contribution is 7.89. The van der Waals surface area contributed by atoms with Crippen molar-refractivity contribution in [2.45, 2.75) is 56.5 Å². The van der Waals surface area contributed by atoms with Gasteiger partial charge in [0.15, 0.2) is 6.61 Å². The molecule has 9 heteroatoms. The zero-order valence-corrected chi connectivity index (χ0v) is 19.8. The molecule has 1 aliphatic carbocycles. The van der Waals surface area contributed by atoms with E-state index in [2.05, 4.69) is 10.0 Å². The van der Waals surface area contributed by atoms with E-state index in [1.807, 2.05) is 24.3 Å². The number of nitrogens with one attached hydrogen (secondary N) is 2. The minimum atomic E-state index is -3.95. The van der Waals surface area contributed by atoms with E-state index >= 15 is 0 Å². The lowest BCUT2D eigenvalue weighted by molar-refractivity contribution is -0.125. The fourth-order valence-corrected chi connectivity index (χ4v) is 5.59. The zero-order valence-electron chi connectivity index (χ0n) is 18.3. The second-order valence-corrected chi connectivity index (χ2v) is 10.8. The number of esters is 1. The van der Waals surface area contributed by atoms with Gasteiger partial charge in [-0.3, -0.25) is 4.79 Å². The van der Waals surface area contributed by atoms with Crippen LogP contribution < -0.4 is 10.0 Å². The van der Waals surface area contributed by atoms with Gasteiger partial charge in [0.2, 0.25) is 10.0 Å². The van der Waals surface area contributed by atoms with Crippen molar-refractivity contribution in [3.8, 4) is 0 Å². The molecule has 0 fully saturated rings. The molecule has 1 atom stereocenters. The maximum atomic E-state index is 12.6. The van der Waals surface area contributed by atoms with Crippen LogP contribution in [0.1, 0.15) is 61.1 Å². The Bertz CT molecular complexity index is 1130. The van der Waals surface area contributed by atoms with Gasteiger partial charge in [0, 0.05) is 5.54 Å². The first-order chi connectivity index (χ1) is 15.0. The Kier molecular flexibility index (Phi) is 7.27. The van der Waals surface area contributed by atoms with E-state index < -0.39 is 34.0 Å². The number of sulfonamides is 1. The first-order valence-corrected chi connectivity index (χ1v) is 12.2. The van der Waals surface area contributed by atoms with Crippen LogP contribution in [0.5, 0.6) is 0 Å². The van der Waals surface area contributed by atoms with Gasteiger partial charge in [-0.25, -0.2) is 17.9 Å². The fraction of sp³-hybridized carbons (Fsp3) is 0.391. The van der Waals surface area contributed by atoms with Crippen molar-refractivity contribution < 1.29 is 22.7 Å². The lowest BCUT2D eigenvalue weighted by atomic mass is 9.88. The van der Waals surface area contributed by atoms with Gasteiger partial charge in [-0.1, -0.05) is 35.9 Å². The van der Waals surface area contributed by atoms with Crippen molar-refractivity contribution in [3.63, 3.8) is 0 Å². The molecule has 0 bridgehead atoms. The summed E-state index contributed by atoms with van der Waals surface area (Å²) in [6.07, 6.45) is 2.76. The van der Waals surface area contributed by atoms with Gasteiger partial charge in [0.25, 0.3) is 5.91 Å². The number of amides is 1. The quantitative estimate of drug-likeness (QED) is 0.615. The van der Waals surface area contributed by atoms with Crippen molar-refractivity contribution in [2.75, 3.05) is 6.61 Å². The summed E-state index contributed by atoms with van der Waals surface area (Å²) in [5.41, 5.74) is 1.55. The van der Waals surface area contributed by atoms with Crippen LogP contribution in [0.2, 0.25) is 5.02 Å². The molecule has 1 amide bonds. The van der Waals surface area contributed by atoms with E-state index in [0.29, 0.717) is 0 Å². The third kappa shape index (κ3) is 6.09. The Morgan fingerprint density at radius 2 is 1.88 bits per heavy atom. The third-order valence-electron chi connectivity index (χ3n) is 4.94. The molecule has 0 radical (unpaired) electrons. The summed E-state index contributed by atoms with van der Waals surface area (Å²) >= 11 is 6.06. The number of hydrogen-bond acceptors (Lipinski definition) is 5. The van der Waals surface area contributed by atoms with Crippen molar-refractivity contribution in [2.24, 2.45) is 0 Å². The van der Waals surface area contributed by atoms with Crippen molar-refractivity contribution in [1.82, 2.24) is 10.0 Å². The van der Waals surface area contributed by atoms with Crippen LogP contribution in [0.15, 0.2) is 47.4 Å². The minimum Gasteiger partial charge on any atom is -0.452 e. The van der Waals surface area contributed by atoms with Crippen LogP contribution in [0.4, 0.5) is 0 Å². The fourth-order valence-electron chi connectivity index (χ4n) is 3.65. The highest BCUT2D eigenvalue weighted by Gasteiger charge is 2.26. The van der Waals surface area contributed by atoms with E-state index in [4.69, 9.17) is 16.3 Å². The monoisotopic (exact) mass is 478 g/mol. The lowest BCUT2D eigenvalue weighted by Crippen LogP contribution is -2.40. The van der Waals surface area contributed by atoms with Crippen LogP contribution in [-0.2, 0) is 26.0 Å². The highest BCUT2D eigenvalue weighted by Crippen LogP contribution is 2.29. The molecular formula is C23H27ClN2O5S. The van der Waals surface area contributed by atoms with Crippen LogP contribution in [0.3, 0.4) is 0 Å². The molecule has 2 aromatic carbocycles. The van der Waals surface area contributed by atoms with E-state index in [1.54, 1.807) is 20.8 Å². The van der Waals surface area contributed by atoms with Crippen molar-refractivity contribution >= 4 is 33.5 Å². The number of benzene rings is 2. The number of aryl methyl sites for hydroxylation is 1. The molecule has 172 valence electrons. The predicted molar refractivity (Wildman–Crippen MR) is 122 cm³/mol. The maximum absolute atomic E-state index is 12.6. The zero-order chi connectivity index (χ0) is 23.5. The number of ether oxygens (including phenoxy) is 1. The SMILES string of the molecule is CC(C)(C)NS(=O)(=O)c1cc(C(=O)OCC(=O)NC2CCCc3ccccc32)ccc1Cl. The smallest absolute Gasteiger partial charge is 0.338 e. The molecule has 0 saturated heterocycles. The van der Waals surface area contributed by atoms with Crippen LogP contribution in [-0.4, -0.2) is 32.4 Å². The molecule has 0 aromatic heterocycles. The van der Waals surface area contributed by atoms with Gasteiger partial charge in [0.05, 0.1) is 16.6 Å². The van der Waals surface area contributed by atoms with E-state index in [0.717, 1.165) is 30.9 Å². The second-order valence-electron chi connectivity index (χ2n) is 8.79. The average molecular weight is 479 g/mol. The Labute approximate surface area is 193 Å². The summed E-state index contributed by atoms with van der Waals surface area (Å²) in [4.78, 5) is 24.6. The molecule has 3 rings (SSSR count). The topological polar surface area (TPSA) is 102 Å². The molecule has 0 saturated carbocycles. The van der Waals surface area contributed by atoms with E-state index in [-0.39, 0.29) is 21.5 Å². The lowest BCUT2D eigenvalue weighted by Gasteiger charge is -2.26. The Hall–Kier alpha value is -2.42. The summed E-state index contributed by atoms with van der Waals surface area (Å²) in [7, 11) is -3.95. The van der Waals surface area contributed by atoms with Gasteiger partial charge in [-0.05, 0) is 69.4 Å². The highest BCUT2D eigenvalue weighted by atomic mass is 35.5. The first kappa shape index (κ1) is 24.2. The molecule has 7 nitrogen and oxygen atoms in total. The Morgan fingerprint density at radius 1 is 1.16 bits per heavy atom. The maximum Gasteiger partial charge on any atom is 0.338 e. The summed E-state index contributed by atoms with van der Waals surface area (Å²) in [6, 6.07) is 11.6. The second kappa shape index (κ2) is 9.60. The molecule has 0 spiro atoms. The number of carbonyl (C=O) groups excluding carboxylic acids is 2. The third-order valence-corrected chi connectivity index (χ3v) is 7.18. The van der Waals surface area contributed by atoms with Crippen molar-refractivity contribution in [1.29, 1.82) is 0 Å². The first-order valence-electron chi connectivity index (χ1n) is 10.3. The van der Waals surface area contributed by atoms with Crippen molar-refractivity contribution in [3.05, 3.63) is 64.2 Å². The van der Waals surface area contributed by atoms with Gasteiger partial charge in [0.1, 0.15) is 4.90 Å². The molecule has 0 aliphatic heterocycles. The molecule has 2 aromatic rings. The number of rotatable bonds is 6. The molecule has 2 N–H and O–H groups in total. The predicted octanol–water partition coefficient (Wildman–Crippen LogP) is 3.77. The summed E-state index contributed by atoms with van der Waals surface area (Å²) in [5.74, 6) is -1.23. The molecule has 1 unspecified atom stereocenters. The number of halogens is 1. The van der Waals surface area contributed by atoms with Gasteiger partial charge < -0.3 is 10.1 Å². The number of fused-ring (bicyclic) bond motifs is 1. The van der Waals surface area contributed by atoms with Crippen LogP contribution in [0.25, 0.3) is 0 Å². The van der Waals surface area contributed by atoms with Gasteiger partial charge in [-0.15, -0.1) is 0 Å². The molecule has 0 heterocycles. The molecule has 1 aliphatic rings. The standard InChI is InChI=1S/C23H27ClN2O5S/c1-23(2,3)26-32(29,30)20-13-16(11-12-18(20)24)22(28)31-14-21(27)25-19-10-6-8-15-7-4-5-9-17(15)19/h4-5,7,9,11-13,19,26H,6,8,10,14H2,1-3H3,(H,25,27). The van der Waals surface area contributed by atoms with Crippen LogP contribution >= 0.6 is 11.6 Å². The number of hydrogen-bond donors (Lipinski definition) is 2.